The zero-order chi connectivity index (χ0) is 29.8. The van der Waals surface area contributed by atoms with Crippen LogP contribution in [0.4, 0.5) is 20.4 Å². The predicted octanol–water partition coefficient (Wildman–Crippen LogP) is 1.59. The maximum Gasteiger partial charge on any atom is 0.330 e. The van der Waals surface area contributed by atoms with Crippen LogP contribution >= 0.6 is 0 Å². The van der Waals surface area contributed by atoms with E-state index in [2.05, 4.69) is 20.3 Å². The maximum atomic E-state index is 14.8. The summed E-state index contributed by atoms with van der Waals surface area (Å²) in [6, 6.07) is 7.50. The smallest absolute Gasteiger partial charge is 0.330 e. The largest absolute Gasteiger partial charge is 0.477 e. The maximum absolute atomic E-state index is 14.8. The van der Waals surface area contributed by atoms with Crippen LogP contribution in [-0.2, 0) is 18.4 Å². The van der Waals surface area contributed by atoms with E-state index in [9.17, 15) is 18.4 Å². The van der Waals surface area contributed by atoms with Crippen molar-refractivity contribution in [3.8, 4) is 17.2 Å². The summed E-state index contributed by atoms with van der Waals surface area (Å²) >= 11 is 0. The molecule has 0 saturated carbocycles. The molecular weight excluding hydrogens is 564 g/mol. The summed E-state index contributed by atoms with van der Waals surface area (Å²) < 4.78 is 44.9. The number of furan rings is 1. The highest BCUT2D eigenvalue weighted by atomic mass is 19.1. The Balaban J connectivity index is 1.07. The number of imidazole rings is 1. The van der Waals surface area contributed by atoms with Crippen molar-refractivity contribution in [2.24, 2.45) is 7.05 Å². The predicted molar refractivity (Wildman–Crippen MR) is 153 cm³/mol. The topological polar surface area (TPSA) is 141 Å². The minimum Gasteiger partial charge on any atom is -0.477 e. The van der Waals surface area contributed by atoms with Crippen molar-refractivity contribution in [1.29, 1.82) is 0 Å². The molecule has 0 spiro atoms. The molecule has 7 rings (SSSR count). The van der Waals surface area contributed by atoms with Crippen LogP contribution < -0.4 is 26.4 Å². The fourth-order valence-corrected chi connectivity index (χ4v) is 5.81. The Morgan fingerprint density at radius 1 is 1.12 bits per heavy atom. The van der Waals surface area contributed by atoms with Gasteiger partial charge in [-0.2, -0.15) is 14.6 Å². The summed E-state index contributed by atoms with van der Waals surface area (Å²) in [5.41, 5.74) is 8.51. The molecule has 1 amide bonds. The molecule has 0 aliphatic carbocycles. The zero-order valence-electron chi connectivity index (χ0n) is 23.3. The molecule has 2 fully saturated rings. The van der Waals surface area contributed by atoms with E-state index in [4.69, 9.17) is 14.9 Å². The number of hydrogen-bond donors (Lipinski definition) is 2. The number of anilines is 2. The number of halogens is 2. The number of nitrogen functional groups attached to an aromatic ring is 1. The van der Waals surface area contributed by atoms with Crippen LogP contribution in [0.25, 0.3) is 28.1 Å². The van der Waals surface area contributed by atoms with Crippen LogP contribution in [0.15, 0.2) is 45.8 Å². The third-order valence-electron chi connectivity index (χ3n) is 8.11. The van der Waals surface area contributed by atoms with E-state index in [1.54, 1.807) is 30.0 Å². The van der Waals surface area contributed by atoms with Gasteiger partial charge in [0.05, 0.1) is 17.5 Å². The molecule has 2 aliphatic heterocycles. The number of aryl methyl sites for hydroxylation is 1. The molecule has 1 atom stereocenters. The number of carbonyl (C=O) groups excluding carboxylic acids is 1. The summed E-state index contributed by atoms with van der Waals surface area (Å²) in [6.07, 6.45) is 1.18. The molecule has 2 aliphatic rings. The van der Waals surface area contributed by atoms with Crippen LogP contribution in [0.1, 0.15) is 6.42 Å². The van der Waals surface area contributed by atoms with Crippen molar-refractivity contribution >= 4 is 34.2 Å². The first kappa shape index (κ1) is 26.9. The minimum absolute atomic E-state index is 0.145. The summed E-state index contributed by atoms with van der Waals surface area (Å²) in [5, 5.41) is 7.15. The lowest BCUT2D eigenvalue weighted by Gasteiger charge is -2.36. The molecule has 2 saturated heterocycles. The summed E-state index contributed by atoms with van der Waals surface area (Å²) in [6.45, 7) is 3.51. The number of rotatable bonds is 7. The first-order chi connectivity index (χ1) is 20.8. The Hall–Kier alpha value is -4.92. The third-order valence-corrected chi connectivity index (χ3v) is 8.11. The molecular formula is C28H29F2N9O4. The molecule has 224 valence electrons. The van der Waals surface area contributed by atoms with Gasteiger partial charge in [0.1, 0.15) is 17.0 Å². The lowest BCUT2D eigenvalue weighted by molar-refractivity contribution is -0.125. The molecule has 0 radical (unpaired) electrons. The van der Waals surface area contributed by atoms with Gasteiger partial charge in [0.25, 0.3) is 5.91 Å². The van der Waals surface area contributed by atoms with Gasteiger partial charge in [-0.05, 0) is 18.2 Å². The molecule has 43 heavy (non-hydrogen) atoms. The quantitative estimate of drug-likeness (QED) is 0.288. The van der Waals surface area contributed by atoms with E-state index >= 15 is 0 Å². The van der Waals surface area contributed by atoms with Crippen molar-refractivity contribution in [2.75, 3.05) is 49.9 Å². The number of carbonyl (C=O) groups is 1. The van der Waals surface area contributed by atoms with E-state index in [0.717, 1.165) is 6.07 Å². The fourth-order valence-electron chi connectivity index (χ4n) is 5.81. The number of amides is 1. The standard InChI is InChI=1S/C28H29F2N9O4/c1-35-24-20-14-18(21-3-2-12-42-21)34-39(20)27(31)33-25(24)38(28(35)41)11-8-36-6-9-37(10-7-36)19-15-23(17(30)13-16(19)29)43-22-4-5-32-26(22)40/h2-3,12-15,22H,4-11H2,1H3,(H2,31,33)(H,32,40)/t22-/m0/s1. The number of nitrogens with zero attached hydrogens (tertiary/aromatic N) is 7. The van der Waals surface area contributed by atoms with E-state index in [0.29, 0.717) is 80.4 Å². The first-order valence-electron chi connectivity index (χ1n) is 14.0. The van der Waals surface area contributed by atoms with Crippen LogP contribution in [0.3, 0.4) is 0 Å². The number of ether oxygens (including phenoxy) is 1. The van der Waals surface area contributed by atoms with Crippen LogP contribution in [-0.4, -0.2) is 79.9 Å². The number of benzene rings is 1. The Morgan fingerprint density at radius 3 is 2.65 bits per heavy atom. The number of hydrogen-bond acceptors (Lipinski definition) is 9. The molecule has 13 nitrogen and oxygen atoms in total. The zero-order valence-corrected chi connectivity index (χ0v) is 23.3. The normalized spacial score (nSPS) is 17.8. The van der Waals surface area contributed by atoms with Gasteiger partial charge in [0.15, 0.2) is 29.1 Å². The van der Waals surface area contributed by atoms with Gasteiger partial charge in [-0.15, -0.1) is 0 Å². The molecule has 15 heteroatoms. The molecule has 3 N–H and O–H groups in total. The Kier molecular flexibility index (Phi) is 6.53. The minimum atomic E-state index is -0.847. The van der Waals surface area contributed by atoms with E-state index < -0.39 is 17.7 Å². The highest BCUT2D eigenvalue weighted by molar-refractivity contribution is 5.91. The van der Waals surface area contributed by atoms with Crippen molar-refractivity contribution in [2.45, 2.75) is 19.1 Å². The molecule has 6 heterocycles. The fraction of sp³-hybridized carbons (Fsp3) is 0.357. The molecule has 5 aromatic rings. The van der Waals surface area contributed by atoms with Gasteiger partial charge in [0, 0.05) is 71.4 Å². The van der Waals surface area contributed by atoms with Gasteiger partial charge < -0.3 is 25.1 Å². The van der Waals surface area contributed by atoms with Crippen molar-refractivity contribution in [1.82, 2.24) is 33.9 Å². The van der Waals surface area contributed by atoms with Crippen molar-refractivity contribution in [3.05, 3.63) is 58.7 Å². The van der Waals surface area contributed by atoms with E-state index in [1.165, 1.54) is 15.1 Å². The first-order valence-corrected chi connectivity index (χ1v) is 14.0. The summed E-state index contributed by atoms with van der Waals surface area (Å²) in [5.74, 6) is -1.28. The molecule has 0 unspecified atom stereocenters. The Morgan fingerprint density at radius 2 is 1.93 bits per heavy atom. The van der Waals surface area contributed by atoms with Crippen molar-refractivity contribution < 1.29 is 22.7 Å². The number of aromatic nitrogens is 5. The van der Waals surface area contributed by atoms with Crippen LogP contribution in [0, 0.1) is 11.6 Å². The van der Waals surface area contributed by atoms with Crippen LogP contribution in [0.5, 0.6) is 5.75 Å². The monoisotopic (exact) mass is 593 g/mol. The highest BCUT2D eigenvalue weighted by Crippen LogP contribution is 2.31. The number of piperazine rings is 1. The van der Waals surface area contributed by atoms with E-state index in [-0.39, 0.29) is 29.0 Å². The van der Waals surface area contributed by atoms with Gasteiger partial charge in [-0.25, -0.2) is 13.6 Å². The Bertz CT molecular complexity index is 1910. The van der Waals surface area contributed by atoms with Gasteiger partial charge in [-0.3, -0.25) is 18.8 Å². The second-order valence-corrected chi connectivity index (χ2v) is 10.7. The van der Waals surface area contributed by atoms with E-state index in [1.807, 2.05) is 11.0 Å². The summed E-state index contributed by atoms with van der Waals surface area (Å²) in [4.78, 5) is 33.7. The molecule has 0 bridgehead atoms. The second kappa shape index (κ2) is 10.4. The number of nitrogens with one attached hydrogen (secondary N) is 1. The lowest BCUT2D eigenvalue weighted by atomic mass is 10.2. The average molecular weight is 594 g/mol. The summed E-state index contributed by atoms with van der Waals surface area (Å²) in [7, 11) is 1.69. The average Bonchev–Trinajstić information content (AvgIpc) is 3.79. The molecule has 4 aromatic heterocycles. The number of fused-ring (bicyclic) bond motifs is 3. The van der Waals surface area contributed by atoms with Crippen LogP contribution in [0.2, 0.25) is 0 Å². The lowest BCUT2D eigenvalue weighted by Crippen LogP contribution is -2.47. The SMILES string of the molecule is Cn1c(=O)n(CCN2CCN(c3cc(O[C@H]4CCNC4=O)c(F)cc3F)CC2)c2nc(N)n3nc(-c4ccco4)cc3c21. The highest BCUT2D eigenvalue weighted by Gasteiger charge is 2.29. The number of nitrogens with two attached hydrogens (primary N) is 1. The third kappa shape index (κ3) is 4.65. The van der Waals surface area contributed by atoms with Gasteiger partial charge >= 0.3 is 5.69 Å². The van der Waals surface area contributed by atoms with Crippen molar-refractivity contribution in [3.63, 3.8) is 0 Å². The molecule has 1 aromatic carbocycles. The Labute approximate surface area is 243 Å². The second-order valence-electron chi connectivity index (χ2n) is 10.7. The van der Waals surface area contributed by atoms with Gasteiger partial charge in [-0.1, -0.05) is 0 Å². The van der Waals surface area contributed by atoms with Gasteiger partial charge in [0.2, 0.25) is 5.95 Å².